The van der Waals surface area contributed by atoms with Gasteiger partial charge in [0, 0.05) is 58.2 Å². The van der Waals surface area contributed by atoms with Gasteiger partial charge in [0.2, 0.25) is 0 Å². The molecule has 0 amide bonds. The average molecular weight is 375 g/mol. The van der Waals surface area contributed by atoms with Crippen LogP contribution in [-0.4, -0.2) is 77.2 Å². The number of hydrogen-bond donors (Lipinski definition) is 1. The second-order valence-electron chi connectivity index (χ2n) is 7.12. The predicted octanol–water partition coefficient (Wildman–Crippen LogP) is 1.84. The Labute approximate surface area is 158 Å². The van der Waals surface area contributed by atoms with E-state index in [-0.39, 0.29) is 6.10 Å². The van der Waals surface area contributed by atoms with E-state index < -0.39 is 0 Å². The second-order valence-corrected chi connectivity index (χ2v) is 7.87. The van der Waals surface area contributed by atoms with E-state index in [1.165, 1.54) is 10.9 Å². The molecule has 26 heavy (non-hydrogen) atoms. The Morgan fingerprint density at radius 2 is 1.62 bits per heavy atom. The molecule has 2 saturated heterocycles. The van der Waals surface area contributed by atoms with Gasteiger partial charge in [0.05, 0.1) is 6.10 Å². The average Bonchev–Trinajstić information content (AvgIpc) is 2.67. The van der Waals surface area contributed by atoms with Crippen molar-refractivity contribution in [3.63, 3.8) is 0 Å². The first kappa shape index (κ1) is 19.3. The maximum atomic E-state index is 9.76. The minimum absolute atomic E-state index is 0.176. The van der Waals surface area contributed by atoms with Crippen molar-refractivity contribution in [1.82, 2.24) is 14.9 Å². The highest BCUT2D eigenvalue weighted by Gasteiger charge is 2.25. The molecule has 142 valence electrons. The fraction of sp³-hybridized carbons (Fsp3) is 0.632. The zero-order chi connectivity index (χ0) is 18.5. The van der Waals surface area contributed by atoms with Crippen molar-refractivity contribution >= 4 is 25.8 Å². The van der Waals surface area contributed by atoms with Gasteiger partial charge < -0.3 is 14.9 Å². The van der Waals surface area contributed by atoms with Crippen LogP contribution < -0.4 is 9.80 Å². The van der Waals surface area contributed by atoms with Gasteiger partial charge in [-0.3, -0.25) is 4.90 Å². The lowest BCUT2D eigenvalue weighted by Gasteiger charge is -2.38. The molecule has 0 unspecified atom stereocenters. The zero-order valence-corrected chi connectivity index (χ0v) is 16.9. The van der Waals surface area contributed by atoms with Gasteiger partial charge in [0.25, 0.3) is 0 Å². The number of rotatable bonds is 5. The number of anilines is 2. The minimum atomic E-state index is -0.176. The molecule has 0 bridgehead atoms. The number of hydrogen-bond acceptors (Lipinski definition) is 6. The summed E-state index contributed by atoms with van der Waals surface area (Å²) in [6.07, 6.45) is 7.17. The Kier molecular flexibility index (Phi) is 6.63. The van der Waals surface area contributed by atoms with Crippen LogP contribution in [0.5, 0.6) is 0 Å². The third-order valence-corrected chi connectivity index (χ3v) is 5.64. The first-order valence-corrected chi connectivity index (χ1v) is 10.0. The normalized spacial score (nSPS) is 20.5. The molecule has 2 fully saturated rings. The third-order valence-electron chi connectivity index (χ3n) is 5.32. The summed E-state index contributed by atoms with van der Waals surface area (Å²) >= 11 is 0. The van der Waals surface area contributed by atoms with Gasteiger partial charge in [-0.15, -0.1) is 8.86 Å². The van der Waals surface area contributed by atoms with Gasteiger partial charge in [-0.2, -0.15) is 0 Å². The Balaban J connectivity index is 1.64. The van der Waals surface area contributed by atoms with Crippen molar-refractivity contribution < 1.29 is 5.11 Å². The number of nitrogens with zero attached hydrogens (tertiary/aromatic N) is 5. The molecular formula is C19H30N5OP. The van der Waals surface area contributed by atoms with E-state index in [1.54, 1.807) is 12.4 Å². The molecule has 0 radical (unpaired) electrons. The van der Waals surface area contributed by atoms with Gasteiger partial charge in [0.1, 0.15) is 0 Å². The summed E-state index contributed by atoms with van der Waals surface area (Å²) in [6, 6.07) is 0. The van der Waals surface area contributed by atoms with E-state index in [0.29, 0.717) is 0 Å². The summed E-state index contributed by atoms with van der Waals surface area (Å²) in [7, 11) is 3.66. The number of aromatic nitrogens is 2. The molecule has 2 aliphatic rings. The highest BCUT2D eigenvalue weighted by atomic mass is 31.0. The monoisotopic (exact) mass is 375 g/mol. The molecule has 1 aromatic rings. The van der Waals surface area contributed by atoms with Crippen molar-refractivity contribution in [2.45, 2.75) is 32.8 Å². The molecule has 1 N–H and O–H groups in total. The van der Waals surface area contributed by atoms with Crippen molar-refractivity contribution in [3.05, 3.63) is 24.0 Å². The van der Waals surface area contributed by atoms with Crippen LogP contribution in [0.3, 0.4) is 0 Å². The Morgan fingerprint density at radius 1 is 1.08 bits per heavy atom. The molecular weight excluding hydrogens is 345 g/mol. The Bertz CT molecular complexity index is 649. The van der Waals surface area contributed by atoms with E-state index in [4.69, 9.17) is 0 Å². The summed E-state index contributed by atoms with van der Waals surface area (Å²) in [5, 5.41) is 11.0. The fourth-order valence-electron chi connectivity index (χ4n) is 3.63. The van der Waals surface area contributed by atoms with E-state index >= 15 is 0 Å². The molecule has 0 aromatic carbocycles. The van der Waals surface area contributed by atoms with E-state index in [9.17, 15) is 5.11 Å². The van der Waals surface area contributed by atoms with Crippen LogP contribution in [0.2, 0.25) is 0 Å². The summed E-state index contributed by atoms with van der Waals surface area (Å²) in [4.78, 5) is 16.4. The molecule has 0 spiro atoms. The molecule has 1 aromatic heterocycles. The molecule has 0 saturated carbocycles. The van der Waals surface area contributed by atoms with E-state index in [2.05, 4.69) is 53.5 Å². The number of allylic oxidation sites excluding steroid dienone is 1. The maximum Gasteiger partial charge on any atom is 0.172 e. The lowest BCUT2D eigenvalue weighted by Crippen LogP contribution is -2.48. The topological polar surface area (TPSA) is 55.7 Å². The van der Waals surface area contributed by atoms with Gasteiger partial charge in [0.15, 0.2) is 11.6 Å². The van der Waals surface area contributed by atoms with Crippen LogP contribution in [0.4, 0.5) is 11.6 Å². The Hall–Kier alpha value is -1.49. The lowest BCUT2D eigenvalue weighted by atomic mass is 10.1. The number of aliphatic hydroxyl groups is 1. The first-order valence-electron chi connectivity index (χ1n) is 9.50. The van der Waals surface area contributed by atoms with Crippen molar-refractivity contribution in [2.24, 2.45) is 0 Å². The van der Waals surface area contributed by atoms with Crippen molar-refractivity contribution in [3.8, 4) is 0 Å². The summed E-state index contributed by atoms with van der Waals surface area (Å²) in [5.74, 6) is 1.95. The summed E-state index contributed by atoms with van der Waals surface area (Å²) in [5.41, 5.74) is 1.35. The summed E-state index contributed by atoms with van der Waals surface area (Å²) in [6.45, 7) is 10.8. The third kappa shape index (κ3) is 4.61. The van der Waals surface area contributed by atoms with Gasteiger partial charge >= 0.3 is 0 Å². The Morgan fingerprint density at radius 3 is 2.12 bits per heavy atom. The van der Waals surface area contributed by atoms with E-state index in [0.717, 1.165) is 70.3 Å². The van der Waals surface area contributed by atoms with Gasteiger partial charge in [-0.05, 0) is 37.6 Å². The number of piperazine rings is 1. The highest BCUT2D eigenvalue weighted by Crippen LogP contribution is 2.27. The molecule has 3 heterocycles. The maximum absolute atomic E-state index is 9.76. The van der Waals surface area contributed by atoms with Crippen molar-refractivity contribution in [1.29, 1.82) is 0 Å². The van der Waals surface area contributed by atoms with Crippen LogP contribution in [0.15, 0.2) is 24.0 Å². The fourth-order valence-corrected chi connectivity index (χ4v) is 3.86. The largest absolute Gasteiger partial charge is 0.393 e. The SMILES string of the molecule is C/C=C(/CN1CCN(c2nccnc2N2CCC(O)CC2)CC1)C(C)=P. The van der Waals surface area contributed by atoms with Crippen LogP contribution in [0.25, 0.3) is 0 Å². The van der Waals surface area contributed by atoms with Crippen LogP contribution in [0.1, 0.15) is 26.7 Å². The lowest BCUT2D eigenvalue weighted by molar-refractivity contribution is 0.145. The molecule has 0 aliphatic carbocycles. The molecule has 0 atom stereocenters. The molecule has 3 rings (SSSR count). The van der Waals surface area contributed by atoms with Gasteiger partial charge in [-0.1, -0.05) is 6.08 Å². The molecule has 2 aliphatic heterocycles. The van der Waals surface area contributed by atoms with Crippen molar-refractivity contribution in [2.75, 3.05) is 55.6 Å². The first-order chi connectivity index (χ1) is 12.6. The predicted molar refractivity (Wildman–Crippen MR) is 111 cm³/mol. The van der Waals surface area contributed by atoms with Crippen LogP contribution in [-0.2, 0) is 0 Å². The standard InChI is InChI=1S/C19H30N5OP/c1-3-16(15(2)26)14-22-10-12-24(13-11-22)19-18(20-6-7-21-19)23-8-4-17(25)5-9-23/h3,6-7,17,25-26H,4-5,8-14H2,1-2H3/b16-3-. The zero-order valence-electron chi connectivity index (χ0n) is 15.9. The van der Waals surface area contributed by atoms with E-state index in [1.807, 2.05) is 0 Å². The number of piperidine rings is 1. The molecule has 6 nitrogen and oxygen atoms in total. The highest BCUT2D eigenvalue weighted by molar-refractivity contribution is 7.22. The summed E-state index contributed by atoms with van der Waals surface area (Å²) < 4.78 is 0. The number of aliphatic hydroxyl groups excluding tert-OH is 1. The van der Waals surface area contributed by atoms with Crippen LogP contribution in [0, 0.1) is 0 Å². The smallest absolute Gasteiger partial charge is 0.172 e. The van der Waals surface area contributed by atoms with Gasteiger partial charge in [-0.25, -0.2) is 9.97 Å². The second kappa shape index (κ2) is 8.94. The van der Waals surface area contributed by atoms with Crippen LogP contribution >= 0.6 is 8.86 Å². The molecule has 7 heteroatoms. The quantitative estimate of drug-likeness (QED) is 0.793. The minimum Gasteiger partial charge on any atom is -0.393 e.